The van der Waals surface area contributed by atoms with E-state index in [9.17, 15) is 4.79 Å². The Labute approximate surface area is 97.4 Å². The molecule has 0 aliphatic heterocycles. The zero-order chi connectivity index (χ0) is 11.8. The summed E-state index contributed by atoms with van der Waals surface area (Å²) < 4.78 is 0. The van der Waals surface area contributed by atoms with Gasteiger partial charge >= 0.3 is 5.97 Å². The van der Waals surface area contributed by atoms with Crippen molar-refractivity contribution in [3.8, 4) is 0 Å². The van der Waals surface area contributed by atoms with E-state index in [1.165, 1.54) is 38.5 Å². The fourth-order valence-electron chi connectivity index (χ4n) is 4.18. The van der Waals surface area contributed by atoms with Crippen LogP contribution in [0.15, 0.2) is 0 Å². The third kappa shape index (κ3) is 2.40. The number of aliphatic carboxylic acids is 1. The van der Waals surface area contributed by atoms with Gasteiger partial charge in [0.15, 0.2) is 0 Å². The molecule has 4 atom stereocenters. The molecule has 2 fully saturated rings. The van der Waals surface area contributed by atoms with Crippen LogP contribution in [-0.4, -0.2) is 17.1 Å². The lowest BCUT2D eigenvalue weighted by Crippen LogP contribution is -2.43. The van der Waals surface area contributed by atoms with E-state index in [0.717, 1.165) is 11.8 Å². The highest BCUT2D eigenvalue weighted by Gasteiger charge is 2.43. The largest absolute Gasteiger partial charge is 0.480 e. The average Bonchev–Trinajstić information content (AvgIpc) is 2.15. The molecule has 2 aliphatic rings. The Bertz CT molecular complexity index is 275. The second kappa shape index (κ2) is 4.36. The first-order valence-corrected chi connectivity index (χ1v) is 6.49. The van der Waals surface area contributed by atoms with Gasteiger partial charge in [-0.1, -0.05) is 19.8 Å². The molecule has 4 unspecified atom stereocenters. The highest BCUT2D eigenvalue weighted by molar-refractivity contribution is 5.73. The van der Waals surface area contributed by atoms with E-state index in [-0.39, 0.29) is 5.41 Å². The Kier molecular flexibility index (Phi) is 3.24. The Morgan fingerprint density at radius 3 is 3.00 bits per heavy atom. The average molecular weight is 225 g/mol. The van der Waals surface area contributed by atoms with Gasteiger partial charge in [0, 0.05) is 0 Å². The van der Waals surface area contributed by atoms with E-state index in [0.29, 0.717) is 6.42 Å². The molecular formula is C13H23NO2. The van der Waals surface area contributed by atoms with E-state index in [4.69, 9.17) is 10.8 Å². The summed E-state index contributed by atoms with van der Waals surface area (Å²) >= 11 is 0. The summed E-state index contributed by atoms with van der Waals surface area (Å²) in [4.78, 5) is 10.9. The highest BCUT2D eigenvalue weighted by atomic mass is 16.4. The third-order valence-electron chi connectivity index (χ3n) is 4.53. The standard InChI is InChI=1S/C13H23NO2/c1-9-5-10-3-2-4-13(6-9,7-10)8-11(14)12(15)16/h9-11H,2-8,14H2,1H3,(H,15,16). The second-order valence-electron chi connectivity index (χ2n) is 6.16. The molecule has 0 aromatic heterocycles. The van der Waals surface area contributed by atoms with Crippen molar-refractivity contribution in [1.82, 2.24) is 0 Å². The molecule has 3 nitrogen and oxygen atoms in total. The van der Waals surface area contributed by atoms with Crippen LogP contribution in [0, 0.1) is 17.3 Å². The number of rotatable bonds is 3. The summed E-state index contributed by atoms with van der Waals surface area (Å²) in [5, 5.41) is 8.95. The summed E-state index contributed by atoms with van der Waals surface area (Å²) in [5.41, 5.74) is 5.97. The minimum absolute atomic E-state index is 0.248. The van der Waals surface area contributed by atoms with Crippen LogP contribution in [0.5, 0.6) is 0 Å². The molecule has 0 heterocycles. The fraction of sp³-hybridized carbons (Fsp3) is 0.923. The van der Waals surface area contributed by atoms with Crippen LogP contribution in [0.2, 0.25) is 0 Å². The molecule has 3 N–H and O–H groups in total. The number of carboxylic acids is 1. The maximum Gasteiger partial charge on any atom is 0.320 e. The van der Waals surface area contributed by atoms with Gasteiger partial charge in [-0.3, -0.25) is 4.79 Å². The molecular weight excluding hydrogens is 202 g/mol. The lowest BCUT2D eigenvalue weighted by molar-refractivity contribution is -0.140. The smallest absolute Gasteiger partial charge is 0.320 e. The second-order valence-corrected chi connectivity index (χ2v) is 6.16. The van der Waals surface area contributed by atoms with Crippen molar-refractivity contribution in [2.24, 2.45) is 23.0 Å². The SMILES string of the molecule is CC1CC2CCCC(CC(N)C(=O)O)(C1)C2. The van der Waals surface area contributed by atoms with Gasteiger partial charge in [-0.2, -0.15) is 0 Å². The summed E-state index contributed by atoms with van der Waals surface area (Å²) in [5.74, 6) is 0.744. The van der Waals surface area contributed by atoms with Gasteiger partial charge in [0.25, 0.3) is 0 Å². The van der Waals surface area contributed by atoms with Crippen LogP contribution in [0.25, 0.3) is 0 Å². The maximum atomic E-state index is 10.9. The molecule has 2 saturated carbocycles. The van der Waals surface area contributed by atoms with Gasteiger partial charge in [0.05, 0.1) is 0 Å². The number of carboxylic acid groups (broad SMARTS) is 1. The minimum Gasteiger partial charge on any atom is -0.480 e. The summed E-state index contributed by atoms with van der Waals surface area (Å²) in [7, 11) is 0. The lowest BCUT2D eigenvalue weighted by atomic mass is 9.57. The van der Waals surface area contributed by atoms with E-state index in [2.05, 4.69) is 6.92 Å². The molecule has 16 heavy (non-hydrogen) atoms. The van der Waals surface area contributed by atoms with Crippen molar-refractivity contribution in [2.75, 3.05) is 0 Å². The summed E-state index contributed by atoms with van der Waals surface area (Å²) in [6.07, 6.45) is 8.23. The van der Waals surface area contributed by atoms with Gasteiger partial charge in [0.1, 0.15) is 6.04 Å². The van der Waals surface area contributed by atoms with Crippen molar-refractivity contribution >= 4 is 5.97 Å². The Morgan fingerprint density at radius 1 is 1.56 bits per heavy atom. The molecule has 92 valence electrons. The molecule has 0 amide bonds. The zero-order valence-electron chi connectivity index (χ0n) is 10.1. The normalized spacial score (nSPS) is 40.4. The van der Waals surface area contributed by atoms with Crippen molar-refractivity contribution in [3.05, 3.63) is 0 Å². The van der Waals surface area contributed by atoms with Gasteiger partial charge in [0.2, 0.25) is 0 Å². The number of fused-ring (bicyclic) bond motifs is 2. The Balaban J connectivity index is 2.06. The third-order valence-corrected chi connectivity index (χ3v) is 4.53. The van der Waals surface area contributed by atoms with Crippen molar-refractivity contribution in [2.45, 2.75) is 57.9 Å². The lowest BCUT2D eigenvalue weighted by Gasteiger charge is -2.48. The first-order chi connectivity index (χ1) is 7.51. The van der Waals surface area contributed by atoms with Crippen LogP contribution in [0.4, 0.5) is 0 Å². The van der Waals surface area contributed by atoms with E-state index < -0.39 is 12.0 Å². The van der Waals surface area contributed by atoms with Crippen molar-refractivity contribution in [3.63, 3.8) is 0 Å². The summed E-state index contributed by atoms with van der Waals surface area (Å²) in [6.45, 7) is 2.30. The molecule has 2 bridgehead atoms. The quantitative estimate of drug-likeness (QED) is 0.775. The Hall–Kier alpha value is -0.570. The molecule has 0 aromatic carbocycles. The van der Waals surface area contributed by atoms with Crippen LogP contribution in [-0.2, 0) is 4.79 Å². The van der Waals surface area contributed by atoms with Gasteiger partial charge in [-0.15, -0.1) is 0 Å². The molecule has 0 spiro atoms. The van der Waals surface area contributed by atoms with Gasteiger partial charge in [-0.25, -0.2) is 0 Å². The topological polar surface area (TPSA) is 63.3 Å². The molecule has 0 aromatic rings. The maximum absolute atomic E-state index is 10.9. The molecule has 2 rings (SSSR count). The van der Waals surface area contributed by atoms with Crippen LogP contribution in [0.1, 0.15) is 51.9 Å². The van der Waals surface area contributed by atoms with E-state index >= 15 is 0 Å². The zero-order valence-corrected chi connectivity index (χ0v) is 10.1. The predicted molar refractivity (Wildman–Crippen MR) is 63.0 cm³/mol. The van der Waals surface area contributed by atoms with Crippen LogP contribution >= 0.6 is 0 Å². The van der Waals surface area contributed by atoms with Gasteiger partial charge < -0.3 is 10.8 Å². The monoisotopic (exact) mass is 225 g/mol. The first-order valence-electron chi connectivity index (χ1n) is 6.49. The number of hydrogen-bond donors (Lipinski definition) is 2. The highest BCUT2D eigenvalue weighted by Crippen LogP contribution is 2.53. The van der Waals surface area contributed by atoms with Crippen molar-refractivity contribution < 1.29 is 9.90 Å². The number of hydrogen-bond acceptors (Lipinski definition) is 2. The van der Waals surface area contributed by atoms with E-state index in [1.807, 2.05) is 0 Å². The molecule has 0 saturated heterocycles. The van der Waals surface area contributed by atoms with E-state index in [1.54, 1.807) is 0 Å². The Morgan fingerprint density at radius 2 is 2.31 bits per heavy atom. The number of carbonyl (C=O) groups is 1. The number of nitrogens with two attached hydrogens (primary N) is 1. The van der Waals surface area contributed by atoms with Crippen molar-refractivity contribution in [1.29, 1.82) is 0 Å². The minimum atomic E-state index is -0.838. The predicted octanol–water partition coefficient (Wildman–Crippen LogP) is 2.39. The molecule has 2 aliphatic carbocycles. The van der Waals surface area contributed by atoms with Gasteiger partial charge in [-0.05, 0) is 49.4 Å². The molecule has 3 heteroatoms. The van der Waals surface area contributed by atoms with Crippen LogP contribution in [0.3, 0.4) is 0 Å². The summed E-state index contributed by atoms with van der Waals surface area (Å²) in [6, 6.07) is -0.663. The first kappa shape index (κ1) is 11.9. The molecule has 0 radical (unpaired) electrons. The van der Waals surface area contributed by atoms with Crippen LogP contribution < -0.4 is 5.73 Å². The fourth-order valence-corrected chi connectivity index (χ4v) is 4.18.